The Morgan fingerprint density at radius 3 is 3.00 bits per heavy atom. The summed E-state index contributed by atoms with van der Waals surface area (Å²) in [4.78, 5) is 4.79. The van der Waals surface area contributed by atoms with Crippen molar-refractivity contribution in [2.24, 2.45) is 0 Å². The largest absolute Gasteiger partial charge is 0.378 e. The lowest BCUT2D eigenvalue weighted by atomic mass is 10.3. The van der Waals surface area contributed by atoms with E-state index in [0.717, 1.165) is 11.6 Å². The maximum atomic E-state index is 4.79. The fourth-order valence-corrected chi connectivity index (χ4v) is 5.47. The second-order valence-electron chi connectivity index (χ2n) is 4.65. The van der Waals surface area contributed by atoms with Gasteiger partial charge in [-0.2, -0.15) is 0 Å². The summed E-state index contributed by atoms with van der Waals surface area (Å²) in [5.41, 5.74) is 1.13. The van der Waals surface area contributed by atoms with Gasteiger partial charge in [0.15, 0.2) is 0 Å². The van der Waals surface area contributed by atoms with Crippen molar-refractivity contribution in [2.75, 3.05) is 0 Å². The molecule has 0 bridgehead atoms. The molecule has 1 fully saturated rings. The Bertz CT molecular complexity index is 620. The molecule has 92 valence electrons. The third kappa shape index (κ3) is 1.85. The maximum absolute atomic E-state index is 4.79. The molecule has 0 saturated heterocycles. The quantitative estimate of drug-likeness (QED) is 0.833. The summed E-state index contributed by atoms with van der Waals surface area (Å²) in [5.74, 6) is 0. The molecule has 18 heavy (non-hydrogen) atoms. The number of para-hydroxylation sites is 1. The first-order valence-electron chi connectivity index (χ1n) is 6.20. The predicted octanol–water partition coefficient (Wildman–Crippen LogP) is 3.78. The molecule has 2 heterocycles. The van der Waals surface area contributed by atoms with E-state index >= 15 is 0 Å². The van der Waals surface area contributed by atoms with E-state index in [4.69, 9.17) is 4.98 Å². The first-order valence-corrected chi connectivity index (χ1v) is 8.43. The van der Waals surface area contributed by atoms with Gasteiger partial charge in [0.05, 0.1) is 15.2 Å². The van der Waals surface area contributed by atoms with Gasteiger partial charge in [0.25, 0.3) is 0 Å². The van der Waals surface area contributed by atoms with E-state index in [-0.39, 0.29) is 10.9 Å². The summed E-state index contributed by atoms with van der Waals surface area (Å²) in [5, 5.41) is 7.32. The number of hydrogen-bond donors (Lipinski definition) is 2. The van der Waals surface area contributed by atoms with Crippen LogP contribution in [0, 0.1) is 0 Å². The van der Waals surface area contributed by atoms with Crippen molar-refractivity contribution < 1.29 is 0 Å². The lowest BCUT2D eigenvalue weighted by molar-refractivity contribution is 0.849. The number of nitrogens with one attached hydrogen (secondary N) is 1. The van der Waals surface area contributed by atoms with Gasteiger partial charge in [0.2, 0.25) is 0 Å². The van der Waals surface area contributed by atoms with Gasteiger partial charge >= 0.3 is 0 Å². The molecule has 1 aromatic heterocycles. The molecule has 2 aromatic rings. The number of rotatable bonds is 3. The van der Waals surface area contributed by atoms with Crippen LogP contribution < -0.4 is 5.32 Å². The number of nitrogens with zero attached hydrogens (tertiary/aromatic N) is 1. The first-order chi connectivity index (χ1) is 8.90. The number of hydrogen-bond acceptors (Lipinski definition) is 3. The Hall–Kier alpha value is -1.26. The van der Waals surface area contributed by atoms with Gasteiger partial charge in [0, 0.05) is 6.04 Å². The maximum Gasteiger partial charge on any atom is 0.140 e. The van der Waals surface area contributed by atoms with E-state index in [1.807, 2.05) is 11.3 Å². The molecule has 0 spiro atoms. The van der Waals surface area contributed by atoms with Gasteiger partial charge in [-0.1, -0.05) is 18.2 Å². The molecule has 0 radical (unpaired) electrons. The van der Waals surface area contributed by atoms with E-state index in [2.05, 4.69) is 47.1 Å². The summed E-state index contributed by atoms with van der Waals surface area (Å²) in [7, 11) is -0.366. The molecular formula is C14H14N2S2. The standard InChI is InChI=1S/C14H14N2S2/c1-2-5-12-11(4-1)16-14(17-12)18-9-3-6-13(18)15-10-7-8-10/h1-6,9-10,15,18H,7-8H2. The van der Waals surface area contributed by atoms with Crippen LogP contribution in [0.15, 0.2) is 51.2 Å². The molecule has 4 rings (SSSR count). The van der Waals surface area contributed by atoms with Crippen molar-refractivity contribution in [3.63, 3.8) is 0 Å². The van der Waals surface area contributed by atoms with Crippen LogP contribution in [0.1, 0.15) is 12.8 Å². The van der Waals surface area contributed by atoms with Crippen molar-refractivity contribution in [3.05, 3.63) is 46.9 Å². The molecule has 1 aliphatic heterocycles. The van der Waals surface area contributed by atoms with E-state index < -0.39 is 0 Å². The first kappa shape index (κ1) is 10.6. The smallest absolute Gasteiger partial charge is 0.140 e. The van der Waals surface area contributed by atoms with Crippen molar-refractivity contribution >= 4 is 32.4 Å². The Balaban J connectivity index is 1.68. The molecule has 0 amide bonds. The van der Waals surface area contributed by atoms with Gasteiger partial charge in [-0.15, -0.1) is 22.2 Å². The van der Waals surface area contributed by atoms with Crippen LogP contribution in [0.4, 0.5) is 0 Å². The zero-order valence-electron chi connectivity index (χ0n) is 9.84. The van der Waals surface area contributed by atoms with E-state index in [1.54, 1.807) is 0 Å². The lowest BCUT2D eigenvalue weighted by Crippen LogP contribution is -2.14. The SMILES string of the molecule is C1=C[SH](c2nc3ccccc3s2)C(NC2CC2)=C1. The number of fused-ring (bicyclic) bond motifs is 1. The third-order valence-corrected chi connectivity index (χ3v) is 6.65. The molecule has 1 saturated carbocycles. The van der Waals surface area contributed by atoms with Gasteiger partial charge < -0.3 is 5.32 Å². The Morgan fingerprint density at radius 1 is 1.28 bits per heavy atom. The van der Waals surface area contributed by atoms with Crippen LogP contribution in [-0.4, -0.2) is 11.0 Å². The molecule has 1 unspecified atom stereocenters. The summed E-state index contributed by atoms with van der Waals surface area (Å²) in [6.45, 7) is 0. The fraction of sp³-hybridized carbons (Fsp3) is 0.214. The highest BCUT2D eigenvalue weighted by atomic mass is 32.2. The van der Waals surface area contributed by atoms with Crippen LogP contribution in [0.3, 0.4) is 0 Å². The van der Waals surface area contributed by atoms with Crippen molar-refractivity contribution in [1.82, 2.24) is 10.3 Å². The molecular weight excluding hydrogens is 260 g/mol. The molecule has 1 atom stereocenters. The zero-order valence-corrected chi connectivity index (χ0v) is 11.5. The highest BCUT2D eigenvalue weighted by Gasteiger charge is 2.25. The molecule has 2 aliphatic rings. The minimum Gasteiger partial charge on any atom is -0.378 e. The Kier molecular flexibility index (Phi) is 2.45. The highest BCUT2D eigenvalue weighted by Crippen LogP contribution is 2.50. The van der Waals surface area contributed by atoms with Crippen LogP contribution in [0.25, 0.3) is 10.2 Å². The van der Waals surface area contributed by atoms with Crippen LogP contribution >= 0.6 is 22.2 Å². The lowest BCUT2D eigenvalue weighted by Gasteiger charge is -2.16. The van der Waals surface area contributed by atoms with Gasteiger partial charge in [-0.05, 0) is 36.5 Å². The molecule has 1 N–H and O–H groups in total. The fourth-order valence-electron chi connectivity index (χ4n) is 2.07. The third-order valence-electron chi connectivity index (χ3n) is 3.17. The van der Waals surface area contributed by atoms with E-state index in [9.17, 15) is 0 Å². The van der Waals surface area contributed by atoms with Crippen molar-refractivity contribution in [2.45, 2.75) is 23.2 Å². The molecule has 1 aliphatic carbocycles. The van der Waals surface area contributed by atoms with E-state index in [1.165, 1.54) is 26.9 Å². The average Bonchev–Trinajstić information content (AvgIpc) is 2.91. The second kappa shape index (κ2) is 4.14. The average molecular weight is 274 g/mol. The summed E-state index contributed by atoms with van der Waals surface area (Å²) < 4.78 is 2.56. The minimum atomic E-state index is -0.366. The molecule has 2 nitrogen and oxygen atoms in total. The predicted molar refractivity (Wildman–Crippen MR) is 80.3 cm³/mol. The number of benzene rings is 1. The molecule has 4 heteroatoms. The van der Waals surface area contributed by atoms with Crippen molar-refractivity contribution in [1.29, 1.82) is 0 Å². The van der Waals surface area contributed by atoms with E-state index in [0.29, 0.717) is 0 Å². The monoisotopic (exact) mass is 274 g/mol. The Morgan fingerprint density at radius 2 is 2.17 bits per heavy atom. The normalized spacial score (nSPS) is 24.4. The number of thiol groups is 1. The molecule has 1 aromatic carbocycles. The summed E-state index contributed by atoms with van der Waals surface area (Å²) in [6.07, 6.45) is 7.03. The van der Waals surface area contributed by atoms with Gasteiger partial charge in [-0.3, -0.25) is 0 Å². The van der Waals surface area contributed by atoms with Crippen LogP contribution in [0.5, 0.6) is 0 Å². The van der Waals surface area contributed by atoms with Gasteiger partial charge in [-0.25, -0.2) is 4.98 Å². The topological polar surface area (TPSA) is 24.9 Å². The highest BCUT2D eigenvalue weighted by molar-refractivity contribution is 8.24. The number of thiazole rings is 1. The minimum absolute atomic E-state index is 0.366. The van der Waals surface area contributed by atoms with Crippen molar-refractivity contribution in [3.8, 4) is 0 Å². The van der Waals surface area contributed by atoms with Crippen LogP contribution in [-0.2, 0) is 0 Å². The summed E-state index contributed by atoms with van der Waals surface area (Å²) >= 11 is 1.83. The zero-order chi connectivity index (χ0) is 11.9. The second-order valence-corrected chi connectivity index (χ2v) is 7.92. The van der Waals surface area contributed by atoms with Crippen LogP contribution in [0.2, 0.25) is 0 Å². The van der Waals surface area contributed by atoms with Gasteiger partial charge in [0.1, 0.15) is 4.34 Å². The Labute approximate surface area is 113 Å². The number of aromatic nitrogens is 1. The number of allylic oxidation sites excluding steroid dienone is 2. The summed E-state index contributed by atoms with van der Waals surface area (Å²) in [6, 6.07) is 9.12.